The molecule has 0 aliphatic rings. The molecule has 17 heavy (non-hydrogen) atoms. The second kappa shape index (κ2) is 6.01. The van der Waals surface area contributed by atoms with Crippen LogP contribution >= 0.6 is 11.8 Å². The fourth-order valence-electron chi connectivity index (χ4n) is 1.17. The normalized spacial score (nSPS) is 9.47. The quantitative estimate of drug-likeness (QED) is 0.380. The van der Waals surface area contributed by atoms with Crippen LogP contribution in [0.3, 0.4) is 0 Å². The van der Waals surface area contributed by atoms with Crippen LogP contribution in [0.1, 0.15) is 5.56 Å². The first-order chi connectivity index (χ1) is 8.08. The number of hydrogen-bond donors (Lipinski definition) is 1. The Balaban J connectivity index is 2.85. The number of methoxy groups -OCH3 is 1. The highest BCUT2D eigenvalue weighted by Crippen LogP contribution is 2.31. The second-order valence-electron chi connectivity index (χ2n) is 3.21. The number of nitriles is 1. The van der Waals surface area contributed by atoms with Crippen LogP contribution < -0.4 is 10.5 Å². The van der Waals surface area contributed by atoms with Gasteiger partial charge in [0.1, 0.15) is 11.2 Å². The van der Waals surface area contributed by atoms with Crippen LogP contribution in [-0.2, 0) is 9.53 Å². The van der Waals surface area contributed by atoms with Crippen molar-refractivity contribution in [1.29, 1.82) is 5.26 Å². The molecule has 0 bridgehead atoms. The number of esters is 1. The Morgan fingerprint density at radius 2 is 2.29 bits per heavy atom. The lowest BCUT2D eigenvalue weighted by molar-refractivity contribution is -0.142. The van der Waals surface area contributed by atoms with Gasteiger partial charge < -0.3 is 15.2 Å². The minimum atomic E-state index is -0.460. The predicted octanol–water partition coefficient (Wildman–Crippen LogP) is 1.70. The number of ether oxygens (including phenoxy) is 2. The van der Waals surface area contributed by atoms with E-state index in [4.69, 9.17) is 15.7 Å². The van der Waals surface area contributed by atoms with Gasteiger partial charge in [-0.2, -0.15) is 5.26 Å². The maximum Gasteiger partial charge on any atom is 0.343 e. The average molecular weight is 252 g/mol. The molecule has 6 heteroatoms. The maximum atomic E-state index is 10.9. The van der Waals surface area contributed by atoms with Crippen molar-refractivity contribution in [3.8, 4) is 11.2 Å². The highest BCUT2D eigenvalue weighted by molar-refractivity contribution is 8.03. The number of hydrogen-bond acceptors (Lipinski definition) is 6. The molecule has 5 nitrogen and oxygen atoms in total. The lowest BCUT2D eigenvalue weighted by atomic mass is 10.2. The van der Waals surface area contributed by atoms with E-state index in [0.29, 0.717) is 16.3 Å². The molecule has 0 spiro atoms. The number of aryl methyl sites for hydroxylation is 1. The van der Waals surface area contributed by atoms with Gasteiger partial charge in [0.2, 0.25) is 0 Å². The summed E-state index contributed by atoms with van der Waals surface area (Å²) in [6, 6.07) is 3.34. The van der Waals surface area contributed by atoms with Gasteiger partial charge in [-0.3, -0.25) is 0 Å². The topological polar surface area (TPSA) is 85.3 Å². The highest BCUT2D eigenvalue weighted by Gasteiger charge is 2.08. The molecule has 90 valence electrons. The largest absolute Gasteiger partial charge is 0.482 e. The van der Waals surface area contributed by atoms with Crippen molar-refractivity contribution < 1.29 is 14.3 Å². The minimum absolute atomic E-state index is 0.165. The Hall–Kier alpha value is -1.87. The number of nitrogens with zero attached hydrogens (tertiary/aromatic N) is 1. The van der Waals surface area contributed by atoms with E-state index in [1.54, 1.807) is 12.1 Å². The van der Waals surface area contributed by atoms with E-state index < -0.39 is 5.97 Å². The van der Waals surface area contributed by atoms with Crippen molar-refractivity contribution in [2.75, 3.05) is 19.5 Å². The molecule has 0 saturated heterocycles. The van der Waals surface area contributed by atoms with Gasteiger partial charge >= 0.3 is 5.97 Å². The number of carbonyl (C=O) groups is 1. The van der Waals surface area contributed by atoms with E-state index in [0.717, 1.165) is 17.3 Å². The average Bonchev–Trinajstić information content (AvgIpc) is 2.31. The third-order valence-electron chi connectivity index (χ3n) is 2.04. The summed E-state index contributed by atoms with van der Waals surface area (Å²) in [7, 11) is 1.29. The molecule has 0 fully saturated rings. The molecule has 0 unspecified atom stereocenters. The summed E-state index contributed by atoms with van der Waals surface area (Å²) in [5.41, 5.74) is 7.00. The van der Waals surface area contributed by atoms with Gasteiger partial charge in [0.15, 0.2) is 6.61 Å². The molecule has 0 aliphatic carbocycles. The molecule has 0 aliphatic heterocycles. The smallest absolute Gasteiger partial charge is 0.343 e. The van der Waals surface area contributed by atoms with E-state index in [1.165, 1.54) is 7.11 Å². The van der Waals surface area contributed by atoms with Crippen LogP contribution in [0.4, 0.5) is 5.69 Å². The Kier molecular flexibility index (Phi) is 4.67. The zero-order valence-electron chi connectivity index (χ0n) is 9.52. The molecule has 1 rings (SSSR count). The monoisotopic (exact) mass is 252 g/mol. The van der Waals surface area contributed by atoms with Gasteiger partial charge in [-0.05, 0) is 30.3 Å². The summed E-state index contributed by atoms with van der Waals surface area (Å²) in [6.07, 6.45) is 0. The Labute approximate surface area is 104 Å². The molecule has 0 aromatic heterocycles. The van der Waals surface area contributed by atoms with E-state index in [2.05, 4.69) is 4.74 Å². The molecule has 0 heterocycles. The van der Waals surface area contributed by atoms with Gasteiger partial charge in [-0.15, -0.1) is 0 Å². The van der Waals surface area contributed by atoms with Crippen molar-refractivity contribution >= 4 is 23.4 Å². The van der Waals surface area contributed by atoms with Crippen molar-refractivity contribution in [2.24, 2.45) is 0 Å². The van der Waals surface area contributed by atoms with E-state index >= 15 is 0 Å². The van der Waals surface area contributed by atoms with Crippen LogP contribution in [0.15, 0.2) is 17.0 Å². The number of carbonyl (C=O) groups excluding carboxylic acids is 1. The molecule has 0 radical (unpaired) electrons. The summed E-state index contributed by atoms with van der Waals surface area (Å²) in [6.45, 7) is 1.65. The number of thioether (sulfide) groups is 1. The summed E-state index contributed by atoms with van der Waals surface area (Å²) in [4.78, 5) is 11.6. The van der Waals surface area contributed by atoms with E-state index in [9.17, 15) is 4.79 Å². The summed E-state index contributed by atoms with van der Waals surface area (Å²) in [5, 5.41) is 10.5. The van der Waals surface area contributed by atoms with Gasteiger partial charge in [-0.25, -0.2) is 4.79 Å². The van der Waals surface area contributed by atoms with E-state index in [-0.39, 0.29) is 6.61 Å². The second-order valence-corrected chi connectivity index (χ2v) is 4.04. The lowest BCUT2D eigenvalue weighted by Gasteiger charge is -2.10. The van der Waals surface area contributed by atoms with Gasteiger partial charge in [-0.1, -0.05) is 0 Å². The number of nitrogens with two attached hydrogens (primary N) is 1. The van der Waals surface area contributed by atoms with Gasteiger partial charge in [0.25, 0.3) is 0 Å². The third kappa shape index (κ3) is 3.57. The van der Waals surface area contributed by atoms with Crippen LogP contribution in [0.2, 0.25) is 0 Å². The van der Waals surface area contributed by atoms with Crippen molar-refractivity contribution in [1.82, 2.24) is 0 Å². The summed E-state index contributed by atoms with van der Waals surface area (Å²) < 4.78 is 9.72. The molecule has 2 N–H and O–H groups in total. The molecule has 0 saturated carbocycles. The first-order valence-electron chi connectivity index (χ1n) is 4.74. The first-order valence-corrected chi connectivity index (χ1v) is 5.55. The number of rotatable bonds is 4. The minimum Gasteiger partial charge on any atom is -0.482 e. The van der Waals surface area contributed by atoms with Crippen molar-refractivity contribution in [3.05, 3.63) is 17.7 Å². The van der Waals surface area contributed by atoms with Crippen LogP contribution in [0, 0.1) is 17.6 Å². The maximum absolute atomic E-state index is 10.9. The number of thiocyanates is 1. The standard InChI is InChI=1S/C11H12N2O3S/c1-7-3-10(17-6-12)8(13)4-9(7)16-5-11(14)15-2/h3-4H,5,13H2,1-2H3. The van der Waals surface area contributed by atoms with Crippen molar-refractivity contribution in [3.63, 3.8) is 0 Å². The zero-order chi connectivity index (χ0) is 12.8. The number of anilines is 1. The predicted molar refractivity (Wildman–Crippen MR) is 64.6 cm³/mol. The summed E-state index contributed by atoms with van der Waals surface area (Å²) in [5.74, 6) is 0.0497. The van der Waals surface area contributed by atoms with Crippen LogP contribution in [-0.4, -0.2) is 19.7 Å². The Morgan fingerprint density at radius 1 is 1.59 bits per heavy atom. The fraction of sp³-hybridized carbons (Fsp3) is 0.273. The van der Waals surface area contributed by atoms with Crippen LogP contribution in [0.5, 0.6) is 5.75 Å². The number of nitrogen functional groups attached to an aromatic ring is 1. The molecule has 1 aromatic rings. The Bertz CT molecular complexity index is 469. The molecule has 0 atom stereocenters. The Morgan fingerprint density at radius 3 is 2.88 bits per heavy atom. The zero-order valence-corrected chi connectivity index (χ0v) is 10.3. The lowest BCUT2D eigenvalue weighted by Crippen LogP contribution is -2.13. The molecule has 0 amide bonds. The SMILES string of the molecule is COC(=O)COc1cc(N)c(SC#N)cc1C. The fourth-order valence-corrected chi connectivity index (χ4v) is 1.68. The van der Waals surface area contributed by atoms with Gasteiger partial charge in [0, 0.05) is 16.6 Å². The number of benzene rings is 1. The summed E-state index contributed by atoms with van der Waals surface area (Å²) >= 11 is 0.987. The molecule has 1 aromatic carbocycles. The highest BCUT2D eigenvalue weighted by atomic mass is 32.2. The van der Waals surface area contributed by atoms with Crippen LogP contribution in [0.25, 0.3) is 0 Å². The van der Waals surface area contributed by atoms with Crippen molar-refractivity contribution in [2.45, 2.75) is 11.8 Å². The first kappa shape index (κ1) is 13.2. The molecular weight excluding hydrogens is 240 g/mol. The molecular formula is C11H12N2O3S. The van der Waals surface area contributed by atoms with Gasteiger partial charge in [0.05, 0.1) is 7.11 Å². The van der Waals surface area contributed by atoms with E-state index in [1.807, 2.05) is 12.3 Å². The third-order valence-corrected chi connectivity index (χ3v) is 2.70.